The molecule has 0 heterocycles. The number of hydrogen-bond acceptors (Lipinski definition) is 2. The number of carbonyl (C=O) groups is 1. The fourth-order valence-corrected chi connectivity index (χ4v) is 3.12. The second-order valence-corrected chi connectivity index (χ2v) is 7.04. The Bertz CT molecular complexity index is 750. The molecule has 0 saturated carbocycles. The fraction of sp³-hybridized carbons (Fsp3) is 0.435. The third-order valence-electron chi connectivity index (χ3n) is 4.98. The lowest BCUT2D eigenvalue weighted by molar-refractivity contribution is -0.128. The molecule has 1 N–H and O–H groups in total. The number of amides is 1. The van der Waals surface area contributed by atoms with Gasteiger partial charge in [-0.05, 0) is 80.5 Å². The third-order valence-corrected chi connectivity index (χ3v) is 4.98. The van der Waals surface area contributed by atoms with E-state index in [1.807, 2.05) is 38.1 Å². The van der Waals surface area contributed by atoms with Crippen molar-refractivity contribution in [1.29, 1.82) is 0 Å². The minimum atomic E-state index is -0.489. The number of rotatable bonds is 7. The van der Waals surface area contributed by atoms with Gasteiger partial charge in [0.15, 0.2) is 6.10 Å². The van der Waals surface area contributed by atoms with Gasteiger partial charge in [0.1, 0.15) is 5.75 Å². The predicted molar refractivity (Wildman–Crippen MR) is 108 cm³/mol. The summed E-state index contributed by atoms with van der Waals surface area (Å²) in [6.07, 6.45) is 1.13. The Morgan fingerprint density at radius 2 is 1.62 bits per heavy atom. The van der Waals surface area contributed by atoms with Crippen LogP contribution in [0.2, 0.25) is 0 Å². The van der Waals surface area contributed by atoms with E-state index in [9.17, 15) is 4.79 Å². The predicted octanol–water partition coefficient (Wildman–Crippen LogP) is 5.21. The highest BCUT2D eigenvalue weighted by Gasteiger charge is 2.21. The molecule has 0 saturated heterocycles. The van der Waals surface area contributed by atoms with E-state index >= 15 is 0 Å². The maximum Gasteiger partial charge on any atom is 0.261 e. The van der Waals surface area contributed by atoms with Crippen LogP contribution in [0.15, 0.2) is 36.4 Å². The molecular formula is C23H31NO2. The first-order valence-corrected chi connectivity index (χ1v) is 9.49. The first-order chi connectivity index (χ1) is 12.3. The number of nitrogens with one attached hydrogen (secondary N) is 1. The van der Waals surface area contributed by atoms with Crippen molar-refractivity contribution < 1.29 is 9.53 Å². The Morgan fingerprint density at radius 3 is 2.19 bits per heavy atom. The van der Waals surface area contributed by atoms with Crippen LogP contribution in [0.4, 0.5) is 0 Å². The van der Waals surface area contributed by atoms with Crippen LogP contribution in [0.1, 0.15) is 61.1 Å². The van der Waals surface area contributed by atoms with Gasteiger partial charge < -0.3 is 10.1 Å². The summed E-state index contributed by atoms with van der Waals surface area (Å²) in [5, 5.41) is 3.11. The summed E-state index contributed by atoms with van der Waals surface area (Å²) < 4.78 is 5.92. The first-order valence-electron chi connectivity index (χ1n) is 9.49. The van der Waals surface area contributed by atoms with E-state index in [1.165, 1.54) is 22.3 Å². The highest BCUT2D eigenvalue weighted by molar-refractivity contribution is 5.81. The van der Waals surface area contributed by atoms with Gasteiger partial charge in [-0.1, -0.05) is 38.1 Å². The van der Waals surface area contributed by atoms with Gasteiger partial charge >= 0.3 is 0 Å². The Hall–Kier alpha value is -2.29. The maximum absolute atomic E-state index is 12.7. The van der Waals surface area contributed by atoms with Gasteiger partial charge in [0.25, 0.3) is 5.91 Å². The van der Waals surface area contributed by atoms with E-state index in [2.05, 4.69) is 45.1 Å². The third kappa shape index (κ3) is 4.87. The van der Waals surface area contributed by atoms with Gasteiger partial charge in [-0.15, -0.1) is 0 Å². The average Bonchev–Trinajstić information content (AvgIpc) is 2.62. The average molecular weight is 354 g/mol. The maximum atomic E-state index is 12.7. The summed E-state index contributed by atoms with van der Waals surface area (Å²) in [7, 11) is 0. The molecule has 2 rings (SSSR count). The van der Waals surface area contributed by atoms with E-state index in [0.717, 1.165) is 17.7 Å². The Morgan fingerprint density at radius 1 is 1.00 bits per heavy atom. The molecule has 1 amide bonds. The molecule has 0 aliphatic rings. The number of ether oxygens (including phenoxy) is 1. The van der Waals surface area contributed by atoms with E-state index in [0.29, 0.717) is 6.42 Å². The molecular weight excluding hydrogens is 322 g/mol. The molecule has 0 aliphatic carbocycles. The molecule has 2 atom stereocenters. The molecule has 0 fully saturated rings. The Kier molecular flexibility index (Phi) is 6.84. The van der Waals surface area contributed by atoms with Gasteiger partial charge in [-0.3, -0.25) is 4.79 Å². The van der Waals surface area contributed by atoms with E-state index in [1.54, 1.807) is 0 Å². The largest absolute Gasteiger partial charge is 0.481 e. The van der Waals surface area contributed by atoms with Crippen molar-refractivity contribution in [2.75, 3.05) is 0 Å². The summed E-state index contributed by atoms with van der Waals surface area (Å²) in [5.74, 6) is 0.663. The molecule has 2 aromatic rings. The monoisotopic (exact) mass is 353 g/mol. The standard InChI is InChI=1S/C23H31NO2/c1-7-19-9-11-20(12-10-19)26-22(8-2)23(25)24-18(6)21-14-16(4)15(3)13-17(21)5/h9-14,18,22H,7-8H2,1-6H3,(H,24,25). The van der Waals surface area contributed by atoms with Crippen LogP contribution < -0.4 is 10.1 Å². The van der Waals surface area contributed by atoms with Crippen LogP contribution in [-0.2, 0) is 11.2 Å². The van der Waals surface area contributed by atoms with Crippen LogP contribution in [-0.4, -0.2) is 12.0 Å². The second-order valence-electron chi connectivity index (χ2n) is 7.04. The molecule has 3 heteroatoms. The lowest BCUT2D eigenvalue weighted by Crippen LogP contribution is -2.39. The lowest BCUT2D eigenvalue weighted by Gasteiger charge is -2.22. The SMILES string of the molecule is CCc1ccc(OC(CC)C(=O)NC(C)c2cc(C)c(C)cc2C)cc1. The van der Waals surface area contributed by atoms with E-state index in [4.69, 9.17) is 4.74 Å². The summed E-state index contributed by atoms with van der Waals surface area (Å²) in [4.78, 5) is 12.7. The number of benzene rings is 2. The van der Waals surface area contributed by atoms with E-state index in [-0.39, 0.29) is 11.9 Å². The van der Waals surface area contributed by atoms with Crippen molar-refractivity contribution in [2.45, 2.75) is 66.5 Å². The smallest absolute Gasteiger partial charge is 0.261 e. The van der Waals surface area contributed by atoms with Crippen LogP contribution in [0, 0.1) is 20.8 Å². The molecule has 3 nitrogen and oxygen atoms in total. The van der Waals surface area contributed by atoms with Crippen molar-refractivity contribution >= 4 is 5.91 Å². The fourth-order valence-electron chi connectivity index (χ4n) is 3.12. The molecule has 0 spiro atoms. The normalized spacial score (nSPS) is 13.2. The number of carbonyl (C=O) groups excluding carboxylic acids is 1. The summed E-state index contributed by atoms with van der Waals surface area (Å²) in [6.45, 7) is 12.4. The van der Waals surface area contributed by atoms with Gasteiger partial charge in [-0.2, -0.15) is 0 Å². The Labute approximate surface area is 157 Å². The molecule has 140 valence electrons. The van der Waals surface area contributed by atoms with Crippen molar-refractivity contribution in [2.24, 2.45) is 0 Å². The highest BCUT2D eigenvalue weighted by Crippen LogP contribution is 2.22. The topological polar surface area (TPSA) is 38.3 Å². The van der Waals surface area contributed by atoms with Crippen LogP contribution in [0.3, 0.4) is 0 Å². The van der Waals surface area contributed by atoms with Gasteiger partial charge in [0, 0.05) is 0 Å². The highest BCUT2D eigenvalue weighted by atomic mass is 16.5. The quantitative estimate of drug-likeness (QED) is 0.742. The minimum absolute atomic E-state index is 0.0538. The minimum Gasteiger partial charge on any atom is -0.481 e. The zero-order valence-electron chi connectivity index (χ0n) is 16.8. The summed E-state index contributed by atoms with van der Waals surface area (Å²) >= 11 is 0. The van der Waals surface area contributed by atoms with Crippen molar-refractivity contribution in [3.8, 4) is 5.75 Å². The van der Waals surface area contributed by atoms with Crippen molar-refractivity contribution in [3.63, 3.8) is 0 Å². The second kappa shape index (κ2) is 8.88. The zero-order valence-corrected chi connectivity index (χ0v) is 16.8. The first kappa shape index (κ1) is 20.0. The van der Waals surface area contributed by atoms with E-state index < -0.39 is 6.10 Å². The van der Waals surface area contributed by atoms with Gasteiger partial charge in [0.2, 0.25) is 0 Å². The number of aryl methyl sites for hydroxylation is 4. The zero-order chi connectivity index (χ0) is 19.3. The molecule has 0 aliphatic heterocycles. The Balaban J connectivity index is 2.07. The van der Waals surface area contributed by atoms with Crippen LogP contribution >= 0.6 is 0 Å². The van der Waals surface area contributed by atoms with Crippen LogP contribution in [0.5, 0.6) is 5.75 Å². The van der Waals surface area contributed by atoms with Gasteiger partial charge in [-0.25, -0.2) is 0 Å². The summed E-state index contributed by atoms with van der Waals surface area (Å²) in [5.41, 5.74) is 6.13. The molecule has 26 heavy (non-hydrogen) atoms. The molecule has 0 radical (unpaired) electrons. The van der Waals surface area contributed by atoms with Crippen molar-refractivity contribution in [3.05, 3.63) is 64.2 Å². The summed E-state index contributed by atoms with van der Waals surface area (Å²) in [6, 6.07) is 12.2. The molecule has 2 unspecified atom stereocenters. The number of hydrogen-bond donors (Lipinski definition) is 1. The van der Waals surface area contributed by atoms with Crippen molar-refractivity contribution in [1.82, 2.24) is 5.32 Å². The molecule has 0 aromatic heterocycles. The molecule has 2 aromatic carbocycles. The van der Waals surface area contributed by atoms with Crippen LogP contribution in [0.25, 0.3) is 0 Å². The van der Waals surface area contributed by atoms with Gasteiger partial charge in [0.05, 0.1) is 6.04 Å². The lowest BCUT2D eigenvalue weighted by atomic mass is 9.96. The molecule has 0 bridgehead atoms.